The predicted octanol–water partition coefficient (Wildman–Crippen LogP) is 1.64. The van der Waals surface area contributed by atoms with E-state index in [4.69, 9.17) is 0 Å². The number of hydrogen-bond donors (Lipinski definition) is 1. The molecule has 1 atom stereocenters. The Morgan fingerprint density at radius 3 is 2.93 bits per heavy atom. The quantitative estimate of drug-likeness (QED) is 0.797. The highest BCUT2D eigenvalue weighted by Crippen LogP contribution is 2.15. The van der Waals surface area contributed by atoms with Crippen LogP contribution in [0, 0.1) is 19.8 Å². The Morgan fingerprint density at radius 2 is 2.27 bits per heavy atom. The average Bonchev–Trinajstić information content (AvgIpc) is 2.17. The molecule has 1 N–H and O–H groups in total. The second-order valence-corrected chi connectivity index (χ2v) is 4.46. The number of piperidine rings is 1. The topological polar surface area (TPSA) is 37.8 Å². The number of rotatable bonds is 2. The van der Waals surface area contributed by atoms with Gasteiger partial charge >= 0.3 is 0 Å². The van der Waals surface area contributed by atoms with Gasteiger partial charge in [0.05, 0.1) is 0 Å². The van der Waals surface area contributed by atoms with Crippen molar-refractivity contribution < 1.29 is 0 Å². The van der Waals surface area contributed by atoms with Gasteiger partial charge in [-0.2, -0.15) is 0 Å². The molecular weight excluding hydrogens is 186 g/mol. The van der Waals surface area contributed by atoms with E-state index in [1.807, 2.05) is 13.8 Å². The highest BCUT2D eigenvalue weighted by atomic mass is 14.9. The second-order valence-electron chi connectivity index (χ2n) is 4.46. The van der Waals surface area contributed by atoms with Crippen LogP contribution in [0.1, 0.15) is 30.1 Å². The van der Waals surface area contributed by atoms with Crippen LogP contribution in [0.5, 0.6) is 0 Å². The first-order chi connectivity index (χ1) is 7.24. The first-order valence-electron chi connectivity index (χ1n) is 5.76. The average molecular weight is 205 g/mol. The molecule has 1 unspecified atom stereocenters. The van der Waals surface area contributed by atoms with Crippen molar-refractivity contribution >= 4 is 0 Å². The Labute approximate surface area is 91.3 Å². The third-order valence-corrected chi connectivity index (χ3v) is 2.92. The molecule has 1 fully saturated rings. The molecule has 0 bridgehead atoms. The van der Waals surface area contributed by atoms with Crippen molar-refractivity contribution in [3.8, 4) is 0 Å². The fourth-order valence-electron chi connectivity index (χ4n) is 2.29. The van der Waals surface area contributed by atoms with E-state index in [-0.39, 0.29) is 0 Å². The number of nitrogens with zero attached hydrogens (tertiary/aromatic N) is 2. The van der Waals surface area contributed by atoms with Crippen LogP contribution in [-0.2, 0) is 6.42 Å². The first kappa shape index (κ1) is 10.6. The minimum absolute atomic E-state index is 0.757. The van der Waals surface area contributed by atoms with Gasteiger partial charge in [0.25, 0.3) is 0 Å². The lowest BCUT2D eigenvalue weighted by atomic mass is 9.94. The van der Waals surface area contributed by atoms with Crippen molar-refractivity contribution in [3.63, 3.8) is 0 Å². The minimum atomic E-state index is 0.757. The normalized spacial score (nSPS) is 21.6. The summed E-state index contributed by atoms with van der Waals surface area (Å²) in [5.41, 5.74) is 2.29. The molecule has 0 radical (unpaired) electrons. The largest absolute Gasteiger partial charge is 0.316 e. The third-order valence-electron chi connectivity index (χ3n) is 2.92. The summed E-state index contributed by atoms with van der Waals surface area (Å²) in [6.07, 6.45) is 3.72. The van der Waals surface area contributed by atoms with Crippen LogP contribution in [-0.4, -0.2) is 23.1 Å². The number of nitrogens with one attached hydrogen (secondary N) is 1. The fraction of sp³-hybridized carbons (Fsp3) is 0.667. The van der Waals surface area contributed by atoms with Gasteiger partial charge in [0.2, 0.25) is 0 Å². The van der Waals surface area contributed by atoms with Gasteiger partial charge in [-0.1, -0.05) is 0 Å². The monoisotopic (exact) mass is 205 g/mol. The summed E-state index contributed by atoms with van der Waals surface area (Å²) in [5, 5.41) is 3.44. The summed E-state index contributed by atoms with van der Waals surface area (Å²) < 4.78 is 0. The molecule has 1 aromatic heterocycles. The zero-order valence-electron chi connectivity index (χ0n) is 9.58. The first-order valence-corrected chi connectivity index (χ1v) is 5.76. The molecule has 1 aliphatic heterocycles. The van der Waals surface area contributed by atoms with Gasteiger partial charge < -0.3 is 5.32 Å². The maximum Gasteiger partial charge on any atom is 0.125 e. The van der Waals surface area contributed by atoms with Crippen LogP contribution in [0.25, 0.3) is 0 Å². The van der Waals surface area contributed by atoms with E-state index >= 15 is 0 Å². The molecule has 2 rings (SSSR count). The summed E-state index contributed by atoms with van der Waals surface area (Å²) >= 11 is 0. The summed E-state index contributed by atoms with van der Waals surface area (Å²) in [6.45, 7) is 6.33. The number of aromatic nitrogens is 2. The second kappa shape index (κ2) is 4.71. The Morgan fingerprint density at radius 1 is 1.40 bits per heavy atom. The third kappa shape index (κ3) is 2.99. The van der Waals surface area contributed by atoms with Gasteiger partial charge in [0, 0.05) is 11.4 Å². The van der Waals surface area contributed by atoms with Crippen molar-refractivity contribution in [3.05, 3.63) is 23.3 Å². The Kier molecular flexibility index (Phi) is 3.31. The highest BCUT2D eigenvalue weighted by molar-refractivity contribution is 5.10. The maximum absolute atomic E-state index is 4.49. The van der Waals surface area contributed by atoms with E-state index in [0.29, 0.717) is 0 Å². The Balaban J connectivity index is 2.02. The molecule has 3 nitrogen and oxygen atoms in total. The maximum atomic E-state index is 4.49. The molecule has 0 saturated carbocycles. The number of hydrogen-bond acceptors (Lipinski definition) is 3. The summed E-state index contributed by atoms with van der Waals surface area (Å²) in [4.78, 5) is 8.79. The van der Waals surface area contributed by atoms with Crippen molar-refractivity contribution in [2.45, 2.75) is 33.1 Å². The van der Waals surface area contributed by atoms with Crippen molar-refractivity contribution in [1.82, 2.24) is 15.3 Å². The van der Waals surface area contributed by atoms with Crippen molar-refractivity contribution in [2.24, 2.45) is 5.92 Å². The zero-order valence-corrected chi connectivity index (χ0v) is 9.58. The van der Waals surface area contributed by atoms with E-state index in [0.717, 1.165) is 30.4 Å². The lowest BCUT2D eigenvalue weighted by molar-refractivity contribution is 0.373. The van der Waals surface area contributed by atoms with Crippen molar-refractivity contribution in [1.29, 1.82) is 0 Å². The summed E-state index contributed by atoms with van der Waals surface area (Å²) in [5.74, 6) is 1.65. The van der Waals surface area contributed by atoms with Crippen LogP contribution >= 0.6 is 0 Å². The van der Waals surface area contributed by atoms with E-state index in [9.17, 15) is 0 Å². The van der Waals surface area contributed by atoms with Gasteiger partial charge in [-0.25, -0.2) is 9.97 Å². The molecule has 82 valence electrons. The lowest BCUT2D eigenvalue weighted by Gasteiger charge is -2.22. The molecule has 2 heterocycles. The van der Waals surface area contributed by atoms with Gasteiger partial charge in [-0.05, 0) is 58.2 Å². The van der Waals surface area contributed by atoms with Gasteiger partial charge in [0.1, 0.15) is 5.82 Å². The fourth-order valence-corrected chi connectivity index (χ4v) is 2.29. The molecular formula is C12H19N3. The molecule has 1 aliphatic rings. The van der Waals surface area contributed by atoms with E-state index in [1.54, 1.807) is 0 Å². The molecule has 0 spiro atoms. The van der Waals surface area contributed by atoms with Crippen LogP contribution in [0.15, 0.2) is 6.07 Å². The summed E-state index contributed by atoms with van der Waals surface area (Å²) in [6, 6.07) is 2.11. The standard InChI is InChI=1S/C12H19N3/c1-9-6-12(15-10(2)14-9)7-11-4-3-5-13-8-11/h6,11,13H,3-5,7-8H2,1-2H3. The summed E-state index contributed by atoms with van der Waals surface area (Å²) in [7, 11) is 0. The highest BCUT2D eigenvalue weighted by Gasteiger charge is 2.14. The molecule has 0 aliphatic carbocycles. The lowest BCUT2D eigenvalue weighted by Crippen LogP contribution is -2.31. The van der Waals surface area contributed by atoms with Crippen molar-refractivity contribution in [2.75, 3.05) is 13.1 Å². The molecule has 0 aromatic carbocycles. The van der Waals surface area contributed by atoms with E-state index in [1.165, 1.54) is 25.1 Å². The van der Waals surface area contributed by atoms with E-state index in [2.05, 4.69) is 21.4 Å². The van der Waals surface area contributed by atoms with Gasteiger partial charge in [0.15, 0.2) is 0 Å². The smallest absolute Gasteiger partial charge is 0.125 e. The van der Waals surface area contributed by atoms with Crippen LogP contribution in [0.3, 0.4) is 0 Å². The van der Waals surface area contributed by atoms with E-state index < -0.39 is 0 Å². The number of aryl methyl sites for hydroxylation is 2. The zero-order chi connectivity index (χ0) is 10.7. The Bertz CT molecular complexity index is 309. The van der Waals surface area contributed by atoms with Crippen LogP contribution < -0.4 is 5.32 Å². The molecule has 1 saturated heterocycles. The molecule has 3 heteroatoms. The minimum Gasteiger partial charge on any atom is -0.316 e. The Hall–Kier alpha value is -0.960. The molecule has 0 amide bonds. The van der Waals surface area contributed by atoms with Gasteiger partial charge in [-0.15, -0.1) is 0 Å². The van der Waals surface area contributed by atoms with Crippen LogP contribution in [0.2, 0.25) is 0 Å². The predicted molar refractivity (Wildman–Crippen MR) is 60.8 cm³/mol. The van der Waals surface area contributed by atoms with Gasteiger partial charge in [-0.3, -0.25) is 0 Å². The molecule has 1 aromatic rings. The molecule has 15 heavy (non-hydrogen) atoms. The SMILES string of the molecule is Cc1cc(CC2CCCNC2)nc(C)n1. The van der Waals surface area contributed by atoms with Crippen LogP contribution in [0.4, 0.5) is 0 Å².